The number of hydrogen-bond acceptors (Lipinski definition) is 5. The molecule has 0 heterocycles. The normalized spacial score (nSPS) is 10.1. The summed E-state index contributed by atoms with van der Waals surface area (Å²) in [6.07, 6.45) is 0. The van der Waals surface area contributed by atoms with E-state index in [1.165, 1.54) is 37.4 Å². The van der Waals surface area contributed by atoms with Crippen LogP contribution >= 0.6 is 27.5 Å². The minimum atomic E-state index is -0.792. The van der Waals surface area contributed by atoms with Gasteiger partial charge in [0.25, 0.3) is 0 Å². The molecule has 2 aromatic carbocycles. The van der Waals surface area contributed by atoms with Crippen LogP contribution in [-0.4, -0.2) is 18.0 Å². The Morgan fingerprint density at radius 1 is 1.27 bits per heavy atom. The largest absolute Gasteiger partial charge is 0.496 e. The van der Waals surface area contributed by atoms with Crippen molar-refractivity contribution in [3.05, 3.63) is 61.6 Å². The third-order valence-electron chi connectivity index (χ3n) is 2.71. The number of nitro benzene ring substituents is 1. The van der Waals surface area contributed by atoms with Gasteiger partial charge in [-0.2, -0.15) is 0 Å². The number of rotatable bonds is 4. The summed E-state index contributed by atoms with van der Waals surface area (Å²) < 4.78 is 10.6. The Bertz CT molecular complexity index is 750. The van der Waals surface area contributed by atoms with E-state index in [4.69, 9.17) is 21.1 Å². The first-order valence-electron chi connectivity index (χ1n) is 5.92. The molecule has 0 radical (unpaired) electrons. The van der Waals surface area contributed by atoms with Crippen LogP contribution in [0.4, 0.5) is 5.69 Å². The van der Waals surface area contributed by atoms with E-state index in [0.717, 1.165) is 0 Å². The molecule has 114 valence electrons. The fourth-order valence-corrected chi connectivity index (χ4v) is 2.22. The molecule has 0 aliphatic heterocycles. The maximum atomic E-state index is 12.1. The van der Waals surface area contributed by atoms with Crippen molar-refractivity contribution in [2.24, 2.45) is 0 Å². The monoisotopic (exact) mass is 385 g/mol. The summed E-state index contributed by atoms with van der Waals surface area (Å²) in [5.41, 5.74) is -0.278. The van der Waals surface area contributed by atoms with Crippen molar-refractivity contribution < 1.29 is 19.2 Å². The third-order valence-corrected chi connectivity index (χ3v) is 3.54. The van der Waals surface area contributed by atoms with Gasteiger partial charge in [-0.1, -0.05) is 27.5 Å². The fourth-order valence-electron chi connectivity index (χ4n) is 1.66. The van der Waals surface area contributed by atoms with Crippen molar-refractivity contribution in [1.82, 2.24) is 0 Å². The van der Waals surface area contributed by atoms with Crippen LogP contribution in [0.25, 0.3) is 0 Å². The molecule has 8 heteroatoms. The molecule has 0 amide bonds. The highest BCUT2D eigenvalue weighted by molar-refractivity contribution is 9.10. The molecule has 0 fully saturated rings. The second kappa shape index (κ2) is 6.76. The lowest BCUT2D eigenvalue weighted by atomic mass is 10.2. The Balaban J connectivity index is 2.36. The average molecular weight is 387 g/mol. The van der Waals surface area contributed by atoms with Crippen LogP contribution in [-0.2, 0) is 0 Å². The quantitative estimate of drug-likeness (QED) is 0.340. The topological polar surface area (TPSA) is 78.7 Å². The Hall–Kier alpha value is -2.12. The highest BCUT2D eigenvalue weighted by atomic mass is 79.9. The molecule has 0 saturated heterocycles. The summed E-state index contributed by atoms with van der Waals surface area (Å²) in [7, 11) is 1.38. The van der Waals surface area contributed by atoms with Crippen LogP contribution in [0.15, 0.2) is 40.9 Å². The molecule has 2 aromatic rings. The van der Waals surface area contributed by atoms with Crippen molar-refractivity contribution in [2.45, 2.75) is 0 Å². The summed E-state index contributed by atoms with van der Waals surface area (Å²) in [4.78, 5) is 22.5. The van der Waals surface area contributed by atoms with Crippen LogP contribution in [0.2, 0.25) is 5.02 Å². The molecule has 0 aromatic heterocycles. The zero-order chi connectivity index (χ0) is 16.3. The number of nitro groups is 1. The summed E-state index contributed by atoms with van der Waals surface area (Å²) in [5, 5.41) is 11.2. The zero-order valence-corrected chi connectivity index (χ0v) is 13.6. The van der Waals surface area contributed by atoms with Gasteiger partial charge in [-0.05, 0) is 30.3 Å². The minimum Gasteiger partial charge on any atom is -0.496 e. The van der Waals surface area contributed by atoms with Crippen molar-refractivity contribution in [1.29, 1.82) is 0 Å². The lowest BCUT2D eigenvalue weighted by molar-refractivity contribution is -0.385. The highest BCUT2D eigenvalue weighted by Crippen LogP contribution is 2.32. The number of methoxy groups -OCH3 is 1. The Morgan fingerprint density at radius 3 is 2.64 bits per heavy atom. The molecular weight excluding hydrogens is 378 g/mol. The van der Waals surface area contributed by atoms with Crippen molar-refractivity contribution in [3.63, 3.8) is 0 Å². The van der Waals surface area contributed by atoms with E-state index in [1.807, 2.05) is 0 Å². The van der Waals surface area contributed by atoms with Crippen LogP contribution in [0.1, 0.15) is 10.4 Å². The second-order valence-electron chi connectivity index (χ2n) is 4.10. The highest BCUT2D eigenvalue weighted by Gasteiger charge is 2.21. The van der Waals surface area contributed by atoms with Crippen LogP contribution in [0, 0.1) is 10.1 Å². The molecular formula is C14H9BrClNO5. The van der Waals surface area contributed by atoms with E-state index < -0.39 is 10.9 Å². The summed E-state index contributed by atoms with van der Waals surface area (Å²) in [6.45, 7) is 0. The van der Waals surface area contributed by atoms with Gasteiger partial charge in [0.15, 0.2) is 0 Å². The zero-order valence-electron chi connectivity index (χ0n) is 11.2. The molecule has 0 spiro atoms. The molecule has 0 N–H and O–H groups in total. The number of esters is 1. The van der Waals surface area contributed by atoms with E-state index in [9.17, 15) is 14.9 Å². The van der Waals surface area contributed by atoms with E-state index in [2.05, 4.69) is 15.9 Å². The number of nitrogens with zero attached hydrogens (tertiary/aromatic N) is 1. The van der Waals surface area contributed by atoms with Gasteiger partial charge in [0.05, 0.1) is 28.7 Å². The van der Waals surface area contributed by atoms with Crippen LogP contribution < -0.4 is 9.47 Å². The minimum absolute atomic E-state index is 0.0983. The van der Waals surface area contributed by atoms with Gasteiger partial charge >= 0.3 is 11.7 Å². The summed E-state index contributed by atoms with van der Waals surface area (Å²) in [6, 6.07) is 8.57. The first-order chi connectivity index (χ1) is 10.4. The maximum absolute atomic E-state index is 12.1. The predicted octanol–water partition coefficient (Wildman–Crippen LogP) is 4.24. The molecule has 0 unspecified atom stereocenters. The number of ether oxygens (including phenoxy) is 2. The van der Waals surface area contributed by atoms with Gasteiger partial charge in [-0.3, -0.25) is 10.1 Å². The van der Waals surface area contributed by atoms with Crippen molar-refractivity contribution >= 4 is 39.2 Å². The van der Waals surface area contributed by atoms with Gasteiger partial charge in [-0.25, -0.2) is 4.79 Å². The summed E-state index contributed by atoms with van der Waals surface area (Å²) in [5.74, 6) is -0.696. The van der Waals surface area contributed by atoms with E-state index >= 15 is 0 Å². The third kappa shape index (κ3) is 3.55. The first kappa shape index (κ1) is 16.3. The Morgan fingerprint density at radius 2 is 2.00 bits per heavy atom. The molecule has 0 bridgehead atoms. The van der Waals surface area contributed by atoms with E-state index in [-0.39, 0.29) is 27.8 Å². The molecule has 22 heavy (non-hydrogen) atoms. The number of hydrogen-bond donors (Lipinski definition) is 0. The second-order valence-corrected chi connectivity index (χ2v) is 5.43. The molecule has 0 atom stereocenters. The maximum Gasteiger partial charge on any atom is 0.345 e. The molecule has 0 aliphatic carbocycles. The van der Waals surface area contributed by atoms with E-state index in [0.29, 0.717) is 4.47 Å². The summed E-state index contributed by atoms with van der Waals surface area (Å²) >= 11 is 9.15. The first-order valence-corrected chi connectivity index (χ1v) is 7.09. The van der Waals surface area contributed by atoms with Gasteiger partial charge in [-0.15, -0.1) is 0 Å². The lowest BCUT2D eigenvalue weighted by Crippen LogP contribution is -2.10. The van der Waals surface area contributed by atoms with Gasteiger partial charge < -0.3 is 9.47 Å². The predicted molar refractivity (Wildman–Crippen MR) is 83.8 cm³/mol. The molecule has 6 nitrogen and oxygen atoms in total. The van der Waals surface area contributed by atoms with E-state index in [1.54, 1.807) is 6.07 Å². The van der Waals surface area contributed by atoms with Crippen LogP contribution in [0.5, 0.6) is 11.5 Å². The Labute approximate surface area is 138 Å². The molecule has 2 rings (SSSR count). The molecule has 0 saturated carbocycles. The van der Waals surface area contributed by atoms with Crippen molar-refractivity contribution in [3.8, 4) is 11.5 Å². The smallest absolute Gasteiger partial charge is 0.345 e. The Kier molecular flexibility index (Phi) is 4.99. The van der Waals surface area contributed by atoms with Crippen LogP contribution in [0.3, 0.4) is 0 Å². The average Bonchev–Trinajstić information content (AvgIpc) is 2.49. The van der Waals surface area contributed by atoms with Gasteiger partial charge in [0, 0.05) is 4.47 Å². The SMILES string of the molecule is COc1ccc(OC(=O)c2cc(Br)ccc2Cl)c([N+](=O)[O-])c1. The number of carbonyl (C=O) groups excluding carboxylic acids is 1. The van der Waals surface area contributed by atoms with Crippen molar-refractivity contribution in [2.75, 3.05) is 7.11 Å². The van der Waals surface area contributed by atoms with Gasteiger partial charge in [0.2, 0.25) is 5.75 Å². The standard InChI is InChI=1S/C14H9BrClNO5/c1-21-9-3-5-13(12(7-9)17(19)20)22-14(18)10-6-8(15)2-4-11(10)16/h2-7H,1H3. The molecule has 0 aliphatic rings. The fraction of sp³-hybridized carbons (Fsp3) is 0.0714. The number of halogens is 2. The number of carbonyl (C=O) groups is 1. The number of benzene rings is 2. The lowest BCUT2D eigenvalue weighted by Gasteiger charge is -2.08. The van der Waals surface area contributed by atoms with Gasteiger partial charge in [0.1, 0.15) is 5.75 Å².